The summed E-state index contributed by atoms with van der Waals surface area (Å²) in [7, 11) is 2.07. The number of rotatable bonds is 1. The van der Waals surface area contributed by atoms with E-state index < -0.39 is 11.6 Å². The fourth-order valence-electron chi connectivity index (χ4n) is 5.48. The van der Waals surface area contributed by atoms with Crippen molar-refractivity contribution in [2.24, 2.45) is 0 Å². The van der Waals surface area contributed by atoms with E-state index in [9.17, 15) is 5.11 Å². The van der Waals surface area contributed by atoms with Crippen LogP contribution in [0.3, 0.4) is 0 Å². The van der Waals surface area contributed by atoms with E-state index in [0.717, 1.165) is 45.3 Å². The summed E-state index contributed by atoms with van der Waals surface area (Å²) < 4.78 is 22.5. The molecule has 0 saturated carbocycles. The second-order valence-corrected chi connectivity index (χ2v) is 7.86. The van der Waals surface area contributed by atoms with Gasteiger partial charge in [-0.2, -0.15) is 0 Å². The molecule has 6 heteroatoms. The summed E-state index contributed by atoms with van der Waals surface area (Å²) in [4.78, 5) is 2.25. The first kappa shape index (κ1) is 16.3. The second-order valence-electron chi connectivity index (χ2n) is 7.86. The van der Waals surface area contributed by atoms with Crippen LogP contribution in [0.2, 0.25) is 0 Å². The average Bonchev–Trinajstić information content (AvgIpc) is 3.35. The van der Waals surface area contributed by atoms with E-state index in [1.165, 1.54) is 0 Å². The molecule has 4 aliphatic rings. The van der Waals surface area contributed by atoms with Gasteiger partial charge in [-0.3, -0.25) is 4.90 Å². The van der Waals surface area contributed by atoms with Crippen LogP contribution in [0.1, 0.15) is 28.2 Å². The van der Waals surface area contributed by atoms with Gasteiger partial charge in [-0.25, -0.2) is 0 Å². The molecule has 1 N–H and O–H groups in total. The fraction of sp³-hybridized carbons (Fsp3) is 0.364. The number of aliphatic hydroxyl groups excluding tert-OH is 1. The third-order valence-electron chi connectivity index (χ3n) is 6.67. The summed E-state index contributed by atoms with van der Waals surface area (Å²) in [5.74, 6) is 2.89. The van der Waals surface area contributed by atoms with Gasteiger partial charge in [0.25, 0.3) is 0 Å². The third-order valence-corrected chi connectivity index (χ3v) is 6.67. The van der Waals surface area contributed by atoms with Gasteiger partial charge in [-0.05, 0) is 48.4 Å². The van der Waals surface area contributed by atoms with Gasteiger partial charge in [0.05, 0.1) is 11.6 Å². The summed E-state index contributed by atoms with van der Waals surface area (Å²) >= 11 is 0. The summed E-state index contributed by atoms with van der Waals surface area (Å²) in [5, 5.41) is 11.3. The number of hydrogen-bond acceptors (Lipinski definition) is 6. The third kappa shape index (κ3) is 1.84. The van der Waals surface area contributed by atoms with E-state index in [0.29, 0.717) is 13.0 Å². The lowest BCUT2D eigenvalue weighted by atomic mass is 9.61. The minimum atomic E-state index is -0.562. The molecule has 2 aromatic carbocycles. The summed E-state index contributed by atoms with van der Waals surface area (Å²) in [6.07, 6.45) is 1.95. The van der Waals surface area contributed by atoms with Crippen LogP contribution in [-0.2, 0) is 18.5 Å². The van der Waals surface area contributed by atoms with Crippen molar-refractivity contribution in [3.8, 4) is 23.0 Å². The van der Waals surface area contributed by atoms with Gasteiger partial charge in [0.15, 0.2) is 23.0 Å². The Morgan fingerprint density at radius 1 is 1.11 bits per heavy atom. The number of aliphatic hydroxyl groups is 1. The van der Waals surface area contributed by atoms with Crippen LogP contribution in [-0.4, -0.2) is 36.7 Å². The molecule has 0 bridgehead atoms. The van der Waals surface area contributed by atoms with Gasteiger partial charge in [0.2, 0.25) is 13.6 Å². The monoisotopic (exact) mass is 379 g/mol. The molecule has 144 valence electrons. The van der Waals surface area contributed by atoms with Gasteiger partial charge in [-0.15, -0.1) is 6.58 Å². The zero-order valence-electron chi connectivity index (χ0n) is 15.6. The van der Waals surface area contributed by atoms with Crippen molar-refractivity contribution in [2.45, 2.75) is 30.5 Å². The molecule has 0 aromatic heterocycles. The highest BCUT2D eigenvalue weighted by Crippen LogP contribution is 2.57. The Morgan fingerprint density at radius 2 is 1.86 bits per heavy atom. The molecule has 0 radical (unpaired) electrons. The Bertz CT molecular complexity index is 1020. The maximum Gasteiger partial charge on any atom is 0.231 e. The predicted octanol–water partition coefficient (Wildman–Crippen LogP) is 2.67. The summed E-state index contributed by atoms with van der Waals surface area (Å²) in [6.45, 7) is 5.34. The number of fused-ring (bicyclic) bond motifs is 8. The van der Waals surface area contributed by atoms with Gasteiger partial charge in [-0.1, -0.05) is 12.1 Å². The lowest BCUT2D eigenvalue weighted by Crippen LogP contribution is -2.56. The van der Waals surface area contributed by atoms with E-state index in [4.69, 9.17) is 18.9 Å². The SMILES string of the molecule is C=C[C@@]12c3cc4c(cc3C[C@H](O)[C@@H]1c1ccc3c(c1CN2C)OCO3)OCO4. The zero-order chi connectivity index (χ0) is 19.0. The van der Waals surface area contributed by atoms with Crippen molar-refractivity contribution in [2.75, 3.05) is 20.6 Å². The summed E-state index contributed by atoms with van der Waals surface area (Å²) in [5.41, 5.74) is 3.83. The van der Waals surface area contributed by atoms with Crippen LogP contribution < -0.4 is 18.9 Å². The highest BCUT2D eigenvalue weighted by molar-refractivity contribution is 5.61. The van der Waals surface area contributed by atoms with E-state index in [1.807, 2.05) is 18.2 Å². The molecule has 2 aromatic rings. The first-order valence-corrected chi connectivity index (χ1v) is 9.50. The minimum absolute atomic E-state index is 0.166. The van der Waals surface area contributed by atoms with E-state index >= 15 is 0 Å². The van der Waals surface area contributed by atoms with Gasteiger partial charge in [0.1, 0.15) is 0 Å². The lowest BCUT2D eigenvalue weighted by molar-refractivity contribution is 0.0159. The predicted molar refractivity (Wildman–Crippen MR) is 101 cm³/mol. The van der Waals surface area contributed by atoms with Crippen LogP contribution in [0.5, 0.6) is 23.0 Å². The quantitative estimate of drug-likeness (QED) is 0.769. The van der Waals surface area contributed by atoms with Crippen LogP contribution in [0.25, 0.3) is 0 Å². The van der Waals surface area contributed by atoms with Crippen LogP contribution in [0.4, 0.5) is 0 Å². The molecule has 1 aliphatic carbocycles. The van der Waals surface area contributed by atoms with Gasteiger partial charge < -0.3 is 24.1 Å². The number of benzene rings is 2. The van der Waals surface area contributed by atoms with Crippen molar-refractivity contribution in [1.29, 1.82) is 0 Å². The molecule has 0 unspecified atom stereocenters. The smallest absolute Gasteiger partial charge is 0.231 e. The highest BCUT2D eigenvalue weighted by atomic mass is 16.7. The minimum Gasteiger partial charge on any atom is -0.454 e. The van der Waals surface area contributed by atoms with E-state index in [-0.39, 0.29) is 19.5 Å². The highest BCUT2D eigenvalue weighted by Gasteiger charge is 2.54. The normalized spacial score (nSPS) is 29.1. The maximum atomic E-state index is 11.3. The fourth-order valence-corrected chi connectivity index (χ4v) is 5.48. The molecule has 0 fully saturated rings. The molecule has 6 nitrogen and oxygen atoms in total. The first-order valence-electron chi connectivity index (χ1n) is 9.50. The van der Waals surface area contributed by atoms with Crippen LogP contribution >= 0.6 is 0 Å². The molecule has 0 saturated heterocycles. The van der Waals surface area contributed by atoms with Crippen molar-refractivity contribution in [1.82, 2.24) is 4.90 Å². The van der Waals surface area contributed by atoms with Crippen molar-refractivity contribution >= 4 is 0 Å². The van der Waals surface area contributed by atoms with Gasteiger partial charge >= 0.3 is 0 Å². The number of nitrogens with zero attached hydrogens (tertiary/aromatic N) is 1. The molecule has 3 aliphatic heterocycles. The van der Waals surface area contributed by atoms with E-state index in [1.54, 1.807) is 0 Å². The Labute approximate surface area is 162 Å². The number of hydrogen-bond donors (Lipinski definition) is 1. The second kappa shape index (κ2) is 5.43. The Balaban J connectivity index is 1.61. The molecular weight excluding hydrogens is 358 g/mol. The Morgan fingerprint density at radius 3 is 2.68 bits per heavy atom. The van der Waals surface area contributed by atoms with Gasteiger partial charge in [0, 0.05) is 18.0 Å². The lowest BCUT2D eigenvalue weighted by Gasteiger charge is -2.54. The van der Waals surface area contributed by atoms with Crippen LogP contribution in [0.15, 0.2) is 36.9 Å². The number of likely N-dealkylation sites (N-methyl/N-ethyl adjacent to an activating group) is 1. The Kier molecular flexibility index (Phi) is 3.15. The summed E-state index contributed by atoms with van der Waals surface area (Å²) in [6, 6.07) is 8.08. The average molecular weight is 379 g/mol. The van der Waals surface area contributed by atoms with Crippen molar-refractivity contribution < 1.29 is 24.1 Å². The largest absolute Gasteiger partial charge is 0.454 e. The standard InChI is InChI=1S/C22H21NO5/c1-3-22-15-8-19-18(26-10-27-19)7-12(15)6-16(24)20(22)13-4-5-17-21(28-11-25-17)14(13)9-23(22)2/h3-5,7-8,16,20,24H,1,6,9-11H2,2H3/t16-,20-,22+/m0/s1. The molecule has 3 heterocycles. The maximum absolute atomic E-state index is 11.3. The van der Waals surface area contributed by atoms with Crippen LogP contribution in [0, 0.1) is 0 Å². The zero-order valence-corrected chi connectivity index (χ0v) is 15.6. The van der Waals surface area contributed by atoms with Crippen molar-refractivity contribution in [3.05, 3.63) is 59.2 Å². The van der Waals surface area contributed by atoms with E-state index in [2.05, 4.69) is 30.7 Å². The molecule has 28 heavy (non-hydrogen) atoms. The molecule has 0 spiro atoms. The number of ether oxygens (including phenoxy) is 4. The topological polar surface area (TPSA) is 60.4 Å². The Hall–Kier alpha value is -2.70. The molecule has 3 atom stereocenters. The van der Waals surface area contributed by atoms with Crippen molar-refractivity contribution in [3.63, 3.8) is 0 Å². The molecule has 6 rings (SSSR count). The molecule has 0 amide bonds. The molecular formula is C22H21NO5. The first-order chi connectivity index (χ1) is 13.6.